The van der Waals surface area contributed by atoms with Crippen LogP contribution in [0.1, 0.15) is 13.8 Å². The minimum absolute atomic E-state index is 0.0184. The third-order valence-corrected chi connectivity index (χ3v) is 4.58. The molecule has 0 aliphatic rings. The molecule has 0 fully saturated rings. The Bertz CT molecular complexity index is 768. The van der Waals surface area contributed by atoms with E-state index in [-0.39, 0.29) is 5.75 Å². The maximum atomic E-state index is 11.8. The molecule has 0 saturated carbocycles. The molecule has 1 heterocycles. The van der Waals surface area contributed by atoms with Crippen LogP contribution in [0.2, 0.25) is 0 Å². The highest BCUT2D eigenvalue weighted by Crippen LogP contribution is 2.33. The van der Waals surface area contributed by atoms with Crippen LogP contribution in [0.25, 0.3) is 11.3 Å². The average molecular weight is 324 g/mol. The third kappa shape index (κ3) is 3.16. The van der Waals surface area contributed by atoms with E-state index >= 15 is 0 Å². The molecule has 0 radical (unpaired) electrons. The van der Waals surface area contributed by atoms with Crippen LogP contribution in [0, 0.1) is 0 Å². The van der Waals surface area contributed by atoms with Gasteiger partial charge in [-0.25, -0.2) is 8.42 Å². The molecule has 120 valence electrons. The number of aromatic nitrogens is 2. The summed E-state index contributed by atoms with van der Waals surface area (Å²) >= 11 is 0. The van der Waals surface area contributed by atoms with Gasteiger partial charge in [0.15, 0.2) is 0 Å². The summed E-state index contributed by atoms with van der Waals surface area (Å²) in [5, 5.41) is 4.20. The van der Waals surface area contributed by atoms with Crippen LogP contribution < -0.4 is 15.2 Å². The van der Waals surface area contributed by atoms with E-state index in [9.17, 15) is 8.42 Å². The topological polar surface area (TPSA) is 99.2 Å². The van der Waals surface area contributed by atoms with E-state index < -0.39 is 10.0 Å². The van der Waals surface area contributed by atoms with Crippen LogP contribution in [0.3, 0.4) is 0 Å². The normalized spacial score (nSPS) is 11.4. The Hall–Kier alpha value is -2.22. The molecule has 22 heavy (non-hydrogen) atoms. The monoisotopic (exact) mass is 324 g/mol. The fraction of sp³-hybridized carbons (Fsp3) is 0.357. The van der Waals surface area contributed by atoms with Crippen molar-refractivity contribution in [2.75, 3.05) is 23.3 Å². The summed E-state index contributed by atoms with van der Waals surface area (Å²) in [5.74, 6) is 0.428. The lowest BCUT2D eigenvalue weighted by Crippen LogP contribution is -2.15. The first kappa shape index (κ1) is 16.2. The lowest BCUT2D eigenvalue weighted by atomic mass is 10.1. The van der Waals surface area contributed by atoms with E-state index in [1.807, 2.05) is 13.0 Å². The molecule has 1 aromatic carbocycles. The van der Waals surface area contributed by atoms with Gasteiger partial charge >= 0.3 is 0 Å². The van der Waals surface area contributed by atoms with Gasteiger partial charge in [0, 0.05) is 12.1 Å². The Labute approximate surface area is 130 Å². The predicted octanol–water partition coefficient (Wildman–Crippen LogP) is 1.92. The van der Waals surface area contributed by atoms with E-state index in [0.29, 0.717) is 23.7 Å². The Morgan fingerprint density at radius 3 is 2.68 bits per heavy atom. The number of hydrogen-bond acceptors (Lipinski definition) is 5. The Morgan fingerprint density at radius 1 is 1.36 bits per heavy atom. The Morgan fingerprint density at radius 2 is 2.09 bits per heavy atom. The lowest BCUT2D eigenvalue weighted by molar-refractivity contribution is 0.417. The number of nitrogens with one attached hydrogen (secondary N) is 1. The summed E-state index contributed by atoms with van der Waals surface area (Å²) in [6.45, 7) is 4.19. The van der Waals surface area contributed by atoms with Gasteiger partial charge in [0.25, 0.3) is 0 Å². The van der Waals surface area contributed by atoms with E-state index in [1.165, 1.54) is 7.11 Å². The van der Waals surface area contributed by atoms with Crippen LogP contribution in [0.15, 0.2) is 24.4 Å². The van der Waals surface area contributed by atoms with Crippen molar-refractivity contribution in [1.29, 1.82) is 0 Å². The number of aryl methyl sites for hydroxylation is 1. The van der Waals surface area contributed by atoms with Crippen molar-refractivity contribution < 1.29 is 13.2 Å². The second kappa shape index (κ2) is 6.27. The fourth-order valence-corrected chi connectivity index (χ4v) is 2.77. The van der Waals surface area contributed by atoms with Crippen LogP contribution in [-0.4, -0.2) is 31.1 Å². The van der Waals surface area contributed by atoms with Crippen LogP contribution in [-0.2, 0) is 16.6 Å². The first-order chi connectivity index (χ1) is 10.4. The quantitative estimate of drug-likeness (QED) is 0.845. The number of nitrogens with zero attached hydrogens (tertiary/aromatic N) is 2. The zero-order chi connectivity index (χ0) is 16.3. The number of methoxy groups -OCH3 is 1. The van der Waals surface area contributed by atoms with Crippen molar-refractivity contribution in [1.82, 2.24) is 9.78 Å². The van der Waals surface area contributed by atoms with Gasteiger partial charge in [-0.2, -0.15) is 5.10 Å². The second-order valence-corrected chi connectivity index (χ2v) is 6.70. The van der Waals surface area contributed by atoms with Gasteiger partial charge in [0.05, 0.1) is 36.1 Å². The molecular formula is C14H20N4O3S. The van der Waals surface area contributed by atoms with Gasteiger partial charge in [0.1, 0.15) is 5.75 Å². The number of anilines is 2. The Kier molecular flexibility index (Phi) is 4.60. The molecule has 1 aromatic heterocycles. The maximum absolute atomic E-state index is 11.8. The van der Waals surface area contributed by atoms with E-state index in [4.69, 9.17) is 10.5 Å². The molecule has 0 bridgehead atoms. The molecule has 0 spiro atoms. The Balaban J connectivity index is 2.54. The molecular weight excluding hydrogens is 304 g/mol. The van der Waals surface area contributed by atoms with Crippen molar-refractivity contribution in [2.24, 2.45) is 0 Å². The molecule has 0 aliphatic carbocycles. The second-order valence-electron chi connectivity index (χ2n) is 4.68. The van der Waals surface area contributed by atoms with Crippen molar-refractivity contribution in [2.45, 2.75) is 20.4 Å². The van der Waals surface area contributed by atoms with Crippen LogP contribution in [0.4, 0.5) is 11.4 Å². The predicted molar refractivity (Wildman–Crippen MR) is 87.4 cm³/mol. The molecule has 8 heteroatoms. The number of nitrogen functional groups attached to an aromatic ring is 1. The van der Waals surface area contributed by atoms with Crippen LogP contribution in [0.5, 0.6) is 5.75 Å². The van der Waals surface area contributed by atoms with Gasteiger partial charge in [0.2, 0.25) is 10.0 Å². The van der Waals surface area contributed by atoms with Gasteiger partial charge in [-0.15, -0.1) is 0 Å². The van der Waals surface area contributed by atoms with Gasteiger partial charge in [-0.1, -0.05) is 0 Å². The largest absolute Gasteiger partial charge is 0.495 e. The maximum Gasteiger partial charge on any atom is 0.232 e. The lowest BCUT2D eigenvalue weighted by Gasteiger charge is -2.13. The highest BCUT2D eigenvalue weighted by Gasteiger charge is 2.15. The molecule has 0 unspecified atom stereocenters. The molecule has 0 atom stereocenters. The summed E-state index contributed by atoms with van der Waals surface area (Å²) in [5.41, 5.74) is 8.41. The van der Waals surface area contributed by atoms with E-state index in [0.717, 1.165) is 11.3 Å². The number of hydrogen-bond donors (Lipinski definition) is 2. The first-order valence-corrected chi connectivity index (χ1v) is 8.57. The number of rotatable bonds is 6. The summed E-state index contributed by atoms with van der Waals surface area (Å²) in [7, 11) is -1.91. The summed E-state index contributed by atoms with van der Waals surface area (Å²) in [6, 6.07) is 5.23. The number of ether oxygens (including phenoxy) is 1. The third-order valence-electron chi connectivity index (χ3n) is 3.29. The molecule has 2 aromatic rings. The van der Waals surface area contributed by atoms with E-state index in [1.54, 1.807) is 29.9 Å². The van der Waals surface area contributed by atoms with Crippen molar-refractivity contribution in [3.63, 3.8) is 0 Å². The fourth-order valence-electron chi connectivity index (χ4n) is 2.13. The van der Waals surface area contributed by atoms with Gasteiger partial charge in [-0.3, -0.25) is 9.40 Å². The molecule has 2 rings (SSSR count). The molecule has 0 amide bonds. The number of sulfonamides is 1. The van der Waals surface area contributed by atoms with Gasteiger partial charge in [-0.05, 0) is 32.0 Å². The first-order valence-electron chi connectivity index (χ1n) is 6.92. The molecule has 7 nitrogen and oxygen atoms in total. The highest BCUT2D eigenvalue weighted by atomic mass is 32.2. The van der Waals surface area contributed by atoms with Gasteiger partial charge < -0.3 is 10.5 Å². The standard InChI is InChI=1S/C14H20N4O3S/c1-4-18-14(11(15)9-16-18)10-6-7-13(21-3)12(8-10)17-22(19,20)5-2/h6-9,17H,4-5,15H2,1-3H3. The minimum Gasteiger partial charge on any atom is -0.495 e. The average Bonchev–Trinajstić information content (AvgIpc) is 2.87. The smallest absolute Gasteiger partial charge is 0.232 e. The highest BCUT2D eigenvalue weighted by molar-refractivity contribution is 7.92. The number of nitrogens with two attached hydrogens (primary N) is 1. The van der Waals surface area contributed by atoms with Crippen molar-refractivity contribution >= 4 is 21.4 Å². The minimum atomic E-state index is -3.40. The molecule has 0 saturated heterocycles. The van der Waals surface area contributed by atoms with E-state index in [2.05, 4.69) is 9.82 Å². The zero-order valence-corrected chi connectivity index (χ0v) is 13.6. The van der Waals surface area contributed by atoms with Crippen LogP contribution >= 0.6 is 0 Å². The van der Waals surface area contributed by atoms with Crippen molar-refractivity contribution in [3.05, 3.63) is 24.4 Å². The summed E-state index contributed by atoms with van der Waals surface area (Å²) < 4.78 is 33.1. The summed E-state index contributed by atoms with van der Waals surface area (Å²) in [4.78, 5) is 0. The number of benzene rings is 1. The zero-order valence-electron chi connectivity index (χ0n) is 12.8. The SMILES string of the molecule is CCn1ncc(N)c1-c1ccc(OC)c(NS(=O)(=O)CC)c1. The molecule has 3 N–H and O–H groups in total. The summed E-state index contributed by atoms with van der Waals surface area (Å²) in [6.07, 6.45) is 1.58. The molecule has 0 aliphatic heterocycles. The van der Waals surface area contributed by atoms with Crippen molar-refractivity contribution in [3.8, 4) is 17.0 Å².